The Hall–Kier alpha value is -2.67. The van der Waals surface area contributed by atoms with E-state index in [2.05, 4.69) is 5.32 Å². The zero-order valence-electron chi connectivity index (χ0n) is 15.4. The van der Waals surface area contributed by atoms with Gasteiger partial charge in [0.1, 0.15) is 6.61 Å². The Balaban J connectivity index is 1.80. The van der Waals surface area contributed by atoms with Crippen molar-refractivity contribution < 1.29 is 24.2 Å². The van der Waals surface area contributed by atoms with Crippen molar-refractivity contribution in [2.24, 2.45) is 5.92 Å². The van der Waals surface area contributed by atoms with Crippen molar-refractivity contribution >= 4 is 17.8 Å². The molecule has 2 N–H and O–H groups in total. The highest BCUT2D eigenvalue weighted by molar-refractivity contribution is 5.82. The maximum atomic E-state index is 12.3. The molecule has 0 bridgehead atoms. The van der Waals surface area contributed by atoms with Gasteiger partial charge in [0.05, 0.1) is 12.0 Å². The summed E-state index contributed by atoms with van der Waals surface area (Å²) in [5.41, 5.74) is 1.72. The lowest BCUT2D eigenvalue weighted by Crippen LogP contribution is -2.38. The number of carbonyl (C=O) groups is 3. The summed E-state index contributed by atoms with van der Waals surface area (Å²) in [7, 11) is 0. The number of aliphatic hydroxyl groups excluding tert-OH is 1. The minimum absolute atomic E-state index is 0.186. The summed E-state index contributed by atoms with van der Waals surface area (Å²) < 4.78 is 5.30. The van der Waals surface area contributed by atoms with Gasteiger partial charge in [-0.1, -0.05) is 43.3 Å². The molecule has 144 valence electrons. The van der Waals surface area contributed by atoms with E-state index in [1.807, 2.05) is 43.3 Å². The first-order valence-electron chi connectivity index (χ1n) is 9.07. The van der Waals surface area contributed by atoms with E-state index >= 15 is 0 Å². The highest BCUT2D eigenvalue weighted by Crippen LogP contribution is 2.36. The average Bonchev–Trinajstić information content (AvgIpc) is 2.94. The molecule has 7 heteroatoms. The molecule has 3 rings (SSSR count). The lowest BCUT2D eigenvalue weighted by molar-refractivity contribution is -0.144. The van der Waals surface area contributed by atoms with Gasteiger partial charge in [0.2, 0.25) is 11.8 Å². The normalized spacial score (nSPS) is 27.4. The van der Waals surface area contributed by atoms with E-state index < -0.39 is 18.8 Å². The average molecular weight is 372 g/mol. The van der Waals surface area contributed by atoms with Crippen molar-refractivity contribution in [3.8, 4) is 0 Å². The first-order valence-corrected chi connectivity index (χ1v) is 9.07. The minimum atomic E-state index is -0.626. The summed E-state index contributed by atoms with van der Waals surface area (Å²) in [6, 6.07) is 7.26. The summed E-state index contributed by atoms with van der Waals surface area (Å²) in [4.78, 5) is 37.2. The second-order valence-corrected chi connectivity index (χ2v) is 6.97. The highest BCUT2D eigenvalue weighted by Gasteiger charge is 2.43. The number of hydrogen-bond donors (Lipinski definition) is 2. The Kier molecular flexibility index (Phi) is 5.60. The Bertz CT molecular complexity index is 758. The van der Waals surface area contributed by atoms with Crippen LogP contribution in [0.2, 0.25) is 0 Å². The molecule has 0 saturated carbocycles. The third-order valence-electron chi connectivity index (χ3n) is 5.13. The van der Waals surface area contributed by atoms with E-state index in [0.717, 1.165) is 17.5 Å². The van der Waals surface area contributed by atoms with Gasteiger partial charge in [0.25, 0.3) is 0 Å². The predicted molar refractivity (Wildman–Crippen MR) is 97.3 cm³/mol. The quantitative estimate of drug-likeness (QED) is 0.613. The lowest BCUT2D eigenvalue weighted by Gasteiger charge is -2.32. The van der Waals surface area contributed by atoms with Crippen LogP contribution in [0.3, 0.4) is 0 Å². The largest absolute Gasteiger partial charge is 0.441 e. The number of hydrogen-bond acceptors (Lipinski definition) is 5. The topological polar surface area (TPSA) is 95.9 Å². The standard InChI is InChI=1S/C20H24N2O5/c1-12-18(20(26)27-19(12)21-13(2)24)15-8-6-14(7-9-15)16-5-3-4-10-22(16)17(25)11-23/h3,5-9,12,16,18-19,23H,4,10-11H2,1-2H3,(H,21,24)/t12?,16?,18?,19-/m1/s1. The fraction of sp³-hybridized carbons (Fsp3) is 0.450. The third-order valence-corrected chi connectivity index (χ3v) is 5.13. The molecular weight excluding hydrogens is 348 g/mol. The van der Waals surface area contributed by atoms with Crippen LogP contribution in [0.1, 0.15) is 43.4 Å². The molecule has 0 aliphatic carbocycles. The molecule has 2 aliphatic heterocycles. The van der Waals surface area contributed by atoms with E-state index in [4.69, 9.17) is 4.74 Å². The second-order valence-electron chi connectivity index (χ2n) is 6.97. The molecule has 2 heterocycles. The monoisotopic (exact) mass is 372 g/mol. The van der Waals surface area contributed by atoms with Gasteiger partial charge < -0.3 is 20.1 Å². The van der Waals surface area contributed by atoms with Crippen LogP contribution in [-0.2, 0) is 19.1 Å². The smallest absolute Gasteiger partial charge is 0.315 e. The zero-order valence-corrected chi connectivity index (χ0v) is 15.4. The highest BCUT2D eigenvalue weighted by atomic mass is 16.6. The molecule has 0 radical (unpaired) electrons. The molecular formula is C20H24N2O5. The number of amides is 2. The first-order chi connectivity index (χ1) is 12.9. The molecule has 1 saturated heterocycles. The number of carbonyl (C=O) groups excluding carboxylic acids is 3. The lowest BCUT2D eigenvalue weighted by atomic mass is 9.87. The molecule has 27 heavy (non-hydrogen) atoms. The maximum absolute atomic E-state index is 12.3. The van der Waals surface area contributed by atoms with E-state index in [9.17, 15) is 19.5 Å². The molecule has 0 spiro atoms. The van der Waals surface area contributed by atoms with Crippen LogP contribution in [0, 0.1) is 5.92 Å². The SMILES string of the molecule is CC(=O)N[C@@H]1OC(=O)C(c2ccc(C3C=CCCN3C(=O)CO)cc2)C1C. The molecule has 1 aromatic carbocycles. The summed E-state index contributed by atoms with van der Waals surface area (Å²) in [6.07, 6.45) is 4.11. The van der Waals surface area contributed by atoms with Gasteiger partial charge in [-0.25, -0.2) is 0 Å². The van der Waals surface area contributed by atoms with Crippen LogP contribution in [0.4, 0.5) is 0 Å². The van der Waals surface area contributed by atoms with Crippen LogP contribution in [0.25, 0.3) is 0 Å². The van der Waals surface area contributed by atoms with Crippen molar-refractivity contribution in [3.63, 3.8) is 0 Å². The number of nitrogens with one attached hydrogen (secondary N) is 1. The molecule has 2 amide bonds. The van der Waals surface area contributed by atoms with Crippen molar-refractivity contribution in [1.82, 2.24) is 10.2 Å². The number of esters is 1. The van der Waals surface area contributed by atoms with Gasteiger partial charge in [-0.2, -0.15) is 0 Å². The number of aliphatic hydroxyl groups is 1. The molecule has 1 aromatic rings. The second kappa shape index (κ2) is 7.92. The zero-order chi connectivity index (χ0) is 19.6. The summed E-state index contributed by atoms with van der Waals surface area (Å²) in [5, 5.41) is 11.8. The van der Waals surface area contributed by atoms with Crippen LogP contribution < -0.4 is 5.32 Å². The summed E-state index contributed by atoms with van der Waals surface area (Å²) in [5.74, 6) is -1.54. The van der Waals surface area contributed by atoms with E-state index in [0.29, 0.717) is 6.54 Å². The molecule has 3 unspecified atom stereocenters. The van der Waals surface area contributed by atoms with Crippen LogP contribution >= 0.6 is 0 Å². The Morgan fingerprint density at radius 2 is 1.93 bits per heavy atom. The van der Waals surface area contributed by atoms with E-state index in [1.165, 1.54) is 6.92 Å². The third kappa shape index (κ3) is 3.88. The fourth-order valence-corrected chi connectivity index (χ4v) is 3.74. The van der Waals surface area contributed by atoms with Gasteiger partial charge in [0, 0.05) is 19.4 Å². The van der Waals surface area contributed by atoms with Gasteiger partial charge in [0.15, 0.2) is 6.23 Å². The van der Waals surface area contributed by atoms with Gasteiger partial charge >= 0.3 is 5.97 Å². The number of ether oxygens (including phenoxy) is 1. The van der Waals surface area contributed by atoms with Crippen molar-refractivity contribution in [2.75, 3.05) is 13.2 Å². The van der Waals surface area contributed by atoms with E-state index in [1.54, 1.807) is 4.90 Å². The number of cyclic esters (lactones) is 1. The Labute approximate surface area is 158 Å². The molecule has 4 atom stereocenters. The summed E-state index contributed by atoms with van der Waals surface area (Å²) >= 11 is 0. The number of nitrogens with zero attached hydrogens (tertiary/aromatic N) is 1. The van der Waals surface area contributed by atoms with Gasteiger partial charge in [-0.3, -0.25) is 14.4 Å². The van der Waals surface area contributed by atoms with Crippen molar-refractivity contribution in [2.45, 2.75) is 38.5 Å². The van der Waals surface area contributed by atoms with Crippen molar-refractivity contribution in [3.05, 3.63) is 47.5 Å². The van der Waals surface area contributed by atoms with Crippen LogP contribution in [0.15, 0.2) is 36.4 Å². The van der Waals surface area contributed by atoms with Crippen LogP contribution in [0.5, 0.6) is 0 Å². The molecule has 0 aromatic heterocycles. The molecule has 2 aliphatic rings. The van der Waals surface area contributed by atoms with E-state index in [-0.39, 0.29) is 29.7 Å². The fourth-order valence-electron chi connectivity index (χ4n) is 3.74. The first kappa shape index (κ1) is 19.1. The maximum Gasteiger partial charge on any atom is 0.315 e. The molecule has 1 fully saturated rings. The molecule has 7 nitrogen and oxygen atoms in total. The predicted octanol–water partition coefficient (Wildman–Crippen LogP) is 1.25. The van der Waals surface area contributed by atoms with Crippen molar-refractivity contribution in [1.29, 1.82) is 0 Å². The number of benzene rings is 1. The minimum Gasteiger partial charge on any atom is -0.441 e. The van der Waals surface area contributed by atoms with Gasteiger partial charge in [-0.05, 0) is 17.5 Å². The van der Waals surface area contributed by atoms with Crippen LogP contribution in [-0.4, -0.2) is 47.2 Å². The van der Waals surface area contributed by atoms with Gasteiger partial charge in [-0.15, -0.1) is 0 Å². The number of rotatable bonds is 4. The Morgan fingerprint density at radius 1 is 1.26 bits per heavy atom. The Morgan fingerprint density at radius 3 is 2.56 bits per heavy atom. The summed E-state index contributed by atoms with van der Waals surface area (Å²) in [6.45, 7) is 3.31.